The van der Waals surface area contributed by atoms with Crippen molar-refractivity contribution in [2.45, 2.75) is 32.3 Å². The first-order valence-electron chi connectivity index (χ1n) is 4.90. The van der Waals surface area contributed by atoms with Gasteiger partial charge in [-0.2, -0.15) is 5.26 Å². The van der Waals surface area contributed by atoms with Gasteiger partial charge in [0.2, 0.25) is 0 Å². The van der Waals surface area contributed by atoms with Crippen LogP contribution in [0, 0.1) is 17.2 Å². The van der Waals surface area contributed by atoms with Crippen LogP contribution in [0.1, 0.15) is 26.7 Å². The maximum atomic E-state index is 9.91. The van der Waals surface area contributed by atoms with Crippen LogP contribution in [0.4, 0.5) is 0 Å². The first-order chi connectivity index (χ1) is 6.08. The molecule has 1 aliphatic rings. The fourth-order valence-corrected chi connectivity index (χ4v) is 1.63. The summed E-state index contributed by atoms with van der Waals surface area (Å²) in [5.74, 6) is 0.333. The zero-order valence-electron chi connectivity index (χ0n) is 8.45. The molecule has 74 valence electrons. The van der Waals surface area contributed by atoms with Gasteiger partial charge in [0.25, 0.3) is 0 Å². The lowest BCUT2D eigenvalue weighted by Gasteiger charge is -2.49. The minimum absolute atomic E-state index is 0.333. The average Bonchev–Trinajstić information content (AvgIpc) is 2.01. The van der Waals surface area contributed by atoms with Crippen molar-refractivity contribution >= 4 is 0 Å². The number of likely N-dealkylation sites (tertiary alicyclic amines) is 1. The van der Waals surface area contributed by atoms with Crippen LogP contribution in [0.25, 0.3) is 0 Å². The van der Waals surface area contributed by atoms with E-state index >= 15 is 0 Å². The molecule has 0 radical (unpaired) electrons. The number of hydrogen-bond acceptors (Lipinski definition) is 3. The maximum absolute atomic E-state index is 9.91. The van der Waals surface area contributed by atoms with Gasteiger partial charge in [-0.05, 0) is 18.9 Å². The third-order valence-corrected chi connectivity index (χ3v) is 2.83. The van der Waals surface area contributed by atoms with Gasteiger partial charge < -0.3 is 5.11 Å². The van der Waals surface area contributed by atoms with Gasteiger partial charge in [-0.3, -0.25) is 4.90 Å². The van der Waals surface area contributed by atoms with Gasteiger partial charge in [0.1, 0.15) is 0 Å². The molecule has 0 aliphatic carbocycles. The summed E-state index contributed by atoms with van der Waals surface area (Å²) in [5, 5.41) is 18.3. The quantitative estimate of drug-likeness (QED) is 0.660. The van der Waals surface area contributed by atoms with Crippen LogP contribution in [0.2, 0.25) is 0 Å². The molecule has 1 aliphatic heterocycles. The molecule has 0 bridgehead atoms. The lowest BCUT2D eigenvalue weighted by atomic mass is 9.83. The molecule has 0 aromatic carbocycles. The molecule has 0 amide bonds. The van der Waals surface area contributed by atoms with Gasteiger partial charge in [-0.1, -0.05) is 13.8 Å². The highest BCUT2D eigenvalue weighted by Crippen LogP contribution is 2.28. The van der Waals surface area contributed by atoms with Gasteiger partial charge in [0, 0.05) is 19.5 Å². The van der Waals surface area contributed by atoms with E-state index in [1.807, 2.05) is 13.8 Å². The van der Waals surface area contributed by atoms with E-state index < -0.39 is 5.60 Å². The second-order valence-electron chi connectivity index (χ2n) is 4.23. The maximum Gasteiger partial charge on any atom is 0.0922 e. The Labute approximate surface area is 80.0 Å². The van der Waals surface area contributed by atoms with Crippen molar-refractivity contribution in [3.05, 3.63) is 0 Å². The van der Waals surface area contributed by atoms with E-state index in [9.17, 15) is 5.11 Å². The number of unbranched alkanes of at least 4 members (excludes halogenated alkanes) is 1. The summed E-state index contributed by atoms with van der Waals surface area (Å²) in [6.07, 6.45) is 1.54. The number of hydrogen-bond donors (Lipinski definition) is 1. The molecule has 3 heteroatoms. The van der Waals surface area contributed by atoms with E-state index in [4.69, 9.17) is 5.26 Å². The number of nitrogens with zero attached hydrogens (tertiary/aromatic N) is 2. The highest BCUT2D eigenvalue weighted by Gasteiger charge is 2.42. The van der Waals surface area contributed by atoms with Gasteiger partial charge in [-0.25, -0.2) is 0 Å². The Kier molecular flexibility index (Phi) is 3.29. The van der Waals surface area contributed by atoms with Crippen molar-refractivity contribution < 1.29 is 5.11 Å². The zero-order chi connectivity index (χ0) is 9.90. The number of β-amino-alcohol motifs (C(OH)–C–C–N with tert-alkyl or cyclic N) is 1. The Hall–Kier alpha value is -0.590. The van der Waals surface area contributed by atoms with Crippen molar-refractivity contribution in [2.75, 3.05) is 19.6 Å². The molecule has 1 fully saturated rings. The Bertz CT molecular complexity index is 201. The molecule has 0 aromatic heterocycles. The average molecular weight is 182 g/mol. The second-order valence-corrected chi connectivity index (χ2v) is 4.23. The molecule has 13 heavy (non-hydrogen) atoms. The fourth-order valence-electron chi connectivity index (χ4n) is 1.63. The van der Waals surface area contributed by atoms with E-state index in [0.29, 0.717) is 12.3 Å². The van der Waals surface area contributed by atoms with Crippen molar-refractivity contribution in [3.63, 3.8) is 0 Å². The molecule has 3 nitrogen and oxygen atoms in total. The van der Waals surface area contributed by atoms with Crippen molar-refractivity contribution in [1.82, 2.24) is 4.90 Å². The minimum Gasteiger partial charge on any atom is -0.387 e. The van der Waals surface area contributed by atoms with Crippen LogP contribution in [-0.2, 0) is 0 Å². The third-order valence-electron chi connectivity index (χ3n) is 2.83. The van der Waals surface area contributed by atoms with Gasteiger partial charge in [-0.15, -0.1) is 0 Å². The molecule has 1 saturated heterocycles. The van der Waals surface area contributed by atoms with Crippen LogP contribution in [0.5, 0.6) is 0 Å². The zero-order valence-corrected chi connectivity index (χ0v) is 8.45. The van der Waals surface area contributed by atoms with E-state index in [-0.39, 0.29) is 0 Å². The van der Waals surface area contributed by atoms with E-state index in [0.717, 1.165) is 26.1 Å². The molecule has 0 unspecified atom stereocenters. The van der Waals surface area contributed by atoms with Crippen molar-refractivity contribution in [2.24, 2.45) is 5.92 Å². The van der Waals surface area contributed by atoms with Gasteiger partial charge in [0.05, 0.1) is 11.7 Å². The first-order valence-corrected chi connectivity index (χ1v) is 4.90. The normalized spacial score (nSPS) is 21.2. The van der Waals surface area contributed by atoms with E-state index in [2.05, 4.69) is 11.0 Å². The summed E-state index contributed by atoms with van der Waals surface area (Å²) in [6.45, 7) is 6.59. The Morgan fingerprint density at radius 2 is 2.15 bits per heavy atom. The van der Waals surface area contributed by atoms with E-state index in [1.165, 1.54) is 0 Å². The molecule has 0 atom stereocenters. The monoisotopic (exact) mass is 182 g/mol. The smallest absolute Gasteiger partial charge is 0.0922 e. The molecule has 0 saturated carbocycles. The molecule has 1 heterocycles. The van der Waals surface area contributed by atoms with Crippen LogP contribution >= 0.6 is 0 Å². The molecular formula is C10H18N2O. The molecule has 0 spiro atoms. The Morgan fingerprint density at radius 3 is 2.62 bits per heavy atom. The predicted octanol–water partition coefficient (Wildman–Crippen LogP) is 0.993. The SMILES string of the molecule is CC(C)C1(O)CN(CCCC#N)C1. The van der Waals surface area contributed by atoms with Gasteiger partial charge in [0.15, 0.2) is 0 Å². The topological polar surface area (TPSA) is 47.3 Å². The Balaban J connectivity index is 2.15. The predicted molar refractivity (Wildman–Crippen MR) is 51.1 cm³/mol. The van der Waals surface area contributed by atoms with Crippen LogP contribution in [0.15, 0.2) is 0 Å². The summed E-state index contributed by atoms with van der Waals surface area (Å²) in [7, 11) is 0. The number of rotatable bonds is 4. The first kappa shape index (κ1) is 10.5. The summed E-state index contributed by atoms with van der Waals surface area (Å²) < 4.78 is 0. The minimum atomic E-state index is -0.466. The lowest BCUT2D eigenvalue weighted by molar-refractivity contribution is -0.127. The van der Waals surface area contributed by atoms with Crippen LogP contribution in [-0.4, -0.2) is 35.2 Å². The highest BCUT2D eigenvalue weighted by molar-refractivity contribution is 4.97. The summed E-state index contributed by atoms with van der Waals surface area (Å²) in [4.78, 5) is 2.21. The fraction of sp³-hybridized carbons (Fsp3) is 0.900. The van der Waals surface area contributed by atoms with Crippen molar-refractivity contribution in [1.29, 1.82) is 5.26 Å². The number of nitriles is 1. The third kappa shape index (κ3) is 2.43. The molecule has 1 rings (SSSR count). The summed E-state index contributed by atoms with van der Waals surface area (Å²) in [6, 6.07) is 2.13. The van der Waals surface area contributed by atoms with Crippen LogP contribution in [0.3, 0.4) is 0 Å². The molecule has 1 N–H and O–H groups in total. The van der Waals surface area contributed by atoms with Crippen LogP contribution < -0.4 is 0 Å². The second kappa shape index (κ2) is 4.08. The Morgan fingerprint density at radius 1 is 1.54 bits per heavy atom. The lowest BCUT2D eigenvalue weighted by Crippen LogP contribution is -2.64. The molecule has 0 aromatic rings. The summed E-state index contributed by atoms with van der Waals surface area (Å²) in [5.41, 5.74) is -0.466. The van der Waals surface area contributed by atoms with Gasteiger partial charge >= 0.3 is 0 Å². The standard InChI is InChI=1S/C10H18N2O/c1-9(2)10(13)7-12(8-10)6-4-3-5-11/h9,13H,3-4,6-8H2,1-2H3. The number of aliphatic hydroxyl groups is 1. The summed E-state index contributed by atoms with van der Waals surface area (Å²) >= 11 is 0. The largest absolute Gasteiger partial charge is 0.387 e. The van der Waals surface area contributed by atoms with E-state index in [1.54, 1.807) is 0 Å². The molecular weight excluding hydrogens is 164 g/mol. The highest BCUT2D eigenvalue weighted by atomic mass is 16.3. The van der Waals surface area contributed by atoms with Crippen molar-refractivity contribution in [3.8, 4) is 6.07 Å².